The lowest BCUT2D eigenvalue weighted by Gasteiger charge is -2.24. The molecule has 1 aromatic heterocycles. The molecule has 172 valence electrons. The predicted molar refractivity (Wildman–Crippen MR) is 129 cm³/mol. The van der Waals surface area contributed by atoms with E-state index in [0.717, 1.165) is 62.5 Å². The average molecular weight is 444 g/mol. The lowest BCUT2D eigenvalue weighted by Crippen LogP contribution is -2.24. The van der Waals surface area contributed by atoms with Crippen LogP contribution in [-0.4, -0.2) is 40.7 Å². The number of likely N-dealkylation sites (tertiary alicyclic amines) is 1. The van der Waals surface area contributed by atoms with Crippen LogP contribution < -0.4 is 4.74 Å². The minimum atomic E-state index is 0.238. The summed E-state index contributed by atoms with van der Waals surface area (Å²) < 4.78 is 11.7. The summed E-state index contributed by atoms with van der Waals surface area (Å²) >= 11 is 0. The molecule has 0 bridgehead atoms. The summed E-state index contributed by atoms with van der Waals surface area (Å²) in [5, 5.41) is 0. The highest BCUT2D eigenvalue weighted by Crippen LogP contribution is 2.32. The maximum atomic E-state index is 6.02. The Morgan fingerprint density at radius 3 is 2.82 bits per heavy atom. The molecule has 5 heteroatoms. The molecule has 2 saturated heterocycles. The number of hydrogen-bond donors (Lipinski definition) is 0. The third kappa shape index (κ3) is 5.79. The second kappa shape index (κ2) is 10.4. The number of benzene rings is 2. The van der Waals surface area contributed by atoms with Gasteiger partial charge in [-0.2, -0.15) is 0 Å². The molecule has 0 saturated carbocycles. The van der Waals surface area contributed by atoms with Crippen molar-refractivity contribution in [2.75, 3.05) is 19.8 Å². The van der Waals surface area contributed by atoms with Crippen molar-refractivity contribution in [2.45, 2.75) is 57.7 Å². The summed E-state index contributed by atoms with van der Waals surface area (Å²) in [5.41, 5.74) is 5.96. The van der Waals surface area contributed by atoms with Gasteiger partial charge in [0.25, 0.3) is 0 Å². The van der Waals surface area contributed by atoms with Crippen molar-refractivity contribution in [3.63, 3.8) is 0 Å². The highest BCUT2D eigenvalue weighted by atomic mass is 16.5. The predicted octanol–water partition coefficient (Wildman–Crippen LogP) is 5.27. The SMILES string of the molecule is Cc1cccc(Cc2cncc([C@H]3CCCN3Cc3cccc(OC[C@@H]4CCCO4)c3)n2)c1. The van der Waals surface area contributed by atoms with Crippen LogP contribution in [0.5, 0.6) is 5.75 Å². The standard InChI is InChI=1S/C28H33N3O2/c1-21-6-2-7-22(14-21)15-24-17-29-18-27(30-24)28-11-4-12-31(28)19-23-8-3-9-25(16-23)33-20-26-10-5-13-32-26/h2-3,6-9,14,16-18,26,28H,4-5,10-13,15,19-20H2,1H3/t26-,28+/m0/s1. The van der Waals surface area contributed by atoms with E-state index in [1.807, 2.05) is 18.5 Å². The Bertz CT molecular complexity index is 1060. The zero-order valence-electron chi connectivity index (χ0n) is 19.5. The highest BCUT2D eigenvalue weighted by molar-refractivity contribution is 5.29. The fourth-order valence-corrected chi connectivity index (χ4v) is 4.98. The number of hydrogen-bond acceptors (Lipinski definition) is 5. The summed E-state index contributed by atoms with van der Waals surface area (Å²) in [6, 6.07) is 17.4. The van der Waals surface area contributed by atoms with E-state index >= 15 is 0 Å². The summed E-state index contributed by atoms with van der Waals surface area (Å²) in [6.07, 6.45) is 9.45. The van der Waals surface area contributed by atoms with Crippen LogP contribution in [0.4, 0.5) is 0 Å². The summed E-state index contributed by atoms with van der Waals surface area (Å²) in [4.78, 5) is 12.1. The first-order valence-corrected chi connectivity index (χ1v) is 12.2. The minimum Gasteiger partial charge on any atom is -0.491 e. The minimum absolute atomic E-state index is 0.238. The molecule has 0 unspecified atom stereocenters. The summed E-state index contributed by atoms with van der Waals surface area (Å²) in [7, 11) is 0. The van der Waals surface area contributed by atoms with Crippen LogP contribution in [-0.2, 0) is 17.7 Å². The van der Waals surface area contributed by atoms with Crippen LogP contribution in [0.3, 0.4) is 0 Å². The topological polar surface area (TPSA) is 47.5 Å². The Kier molecular flexibility index (Phi) is 6.98. The average Bonchev–Trinajstić information content (AvgIpc) is 3.50. The van der Waals surface area contributed by atoms with Crippen molar-refractivity contribution in [1.82, 2.24) is 14.9 Å². The van der Waals surface area contributed by atoms with Gasteiger partial charge < -0.3 is 9.47 Å². The number of aryl methyl sites for hydroxylation is 1. The van der Waals surface area contributed by atoms with E-state index in [1.54, 1.807) is 0 Å². The van der Waals surface area contributed by atoms with Crippen molar-refractivity contribution < 1.29 is 9.47 Å². The normalized spacial score (nSPS) is 20.9. The van der Waals surface area contributed by atoms with Gasteiger partial charge in [-0.05, 0) is 62.4 Å². The third-order valence-electron chi connectivity index (χ3n) is 6.62. The molecule has 0 amide bonds. The molecule has 5 nitrogen and oxygen atoms in total. The van der Waals surface area contributed by atoms with E-state index in [-0.39, 0.29) is 6.10 Å². The maximum absolute atomic E-state index is 6.02. The quantitative estimate of drug-likeness (QED) is 0.475. The van der Waals surface area contributed by atoms with Gasteiger partial charge in [0.1, 0.15) is 12.4 Å². The van der Waals surface area contributed by atoms with E-state index in [1.165, 1.54) is 23.1 Å². The fraction of sp³-hybridized carbons (Fsp3) is 0.429. The van der Waals surface area contributed by atoms with E-state index in [0.29, 0.717) is 12.6 Å². The Labute approximate surface area is 196 Å². The molecular weight excluding hydrogens is 410 g/mol. The summed E-state index contributed by atoms with van der Waals surface area (Å²) in [5.74, 6) is 0.929. The molecule has 3 heterocycles. The van der Waals surface area contributed by atoms with Gasteiger partial charge in [-0.15, -0.1) is 0 Å². The van der Waals surface area contributed by atoms with E-state index in [4.69, 9.17) is 14.5 Å². The fourth-order valence-electron chi connectivity index (χ4n) is 4.98. The van der Waals surface area contributed by atoms with E-state index in [2.05, 4.69) is 59.3 Å². The molecule has 2 aliphatic rings. The van der Waals surface area contributed by atoms with Crippen molar-refractivity contribution in [3.05, 3.63) is 89.0 Å². The third-order valence-corrected chi connectivity index (χ3v) is 6.62. The van der Waals surface area contributed by atoms with Crippen molar-refractivity contribution in [2.24, 2.45) is 0 Å². The molecule has 0 radical (unpaired) electrons. The first-order valence-electron chi connectivity index (χ1n) is 12.2. The van der Waals surface area contributed by atoms with Gasteiger partial charge in [0.05, 0.1) is 23.5 Å². The highest BCUT2D eigenvalue weighted by Gasteiger charge is 2.27. The Balaban J connectivity index is 1.24. The molecule has 0 N–H and O–H groups in total. The monoisotopic (exact) mass is 443 g/mol. The van der Waals surface area contributed by atoms with Crippen molar-refractivity contribution >= 4 is 0 Å². The Morgan fingerprint density at radius 1 is 1.03 bits per heavy atom. The number of rotatable bonds is 8. The van der Waals surface area contributed by atoms with E-state index < -0.39 is 0 Å². The van der Waals surface area contributed by atoms with Gasteiger partial charge in [0.2, 0.25) is 0 Å². The zero-order chi connectivity index (χ0) is 22.5. The first kappa shape index (κ1) is 22.1. The lowest BCUT2D eigenvalue weighted by atomic mass is 10.1. The molecular formula is C28H33N3O2. The maximum Gasteiger partial charge on any atom is 0.119 e. The first-order chi connectivity index (χ1) is 16.2. The zero-order valence-corrected chi connectivity index (χ0v) is 19.5. The molecule has 2 atom stereocenters. The summed E-state index contributed by atoms with van der Waals surface area (Å²) in [6.45, 7) is 5.60. The van der Waals surface area contributed by atoms with Gasteiger partial charge in [-0.1, -0.05) is 42.0 Å². The molecule has 2 fully saturated rings. The van der Waals surface area contributed by atoms with Crippen LogP contribution >= 0.6 is 0 Å². The lowest BCUT2D eigenvalue weighted by molar-refractivity contribution is 0.0679. The smallest absolute Gasteiger partial charge is 0.119 e. The van der Waals surface area contributed by atoms with Crippen LogP contribution in [0.2, 0.25) is 0 Å². The molecule has 2 aromatic carbocycles. The molecule has 5 rings (SSSR count). The van der Waals surface area contributed by atoms with Gasteiger partial charge in [-0.25, -0.2) is 0 Å². The van der Waals surface area contributed by atoms with Crippen LogP contribution in [0, 0.1) is 6.92 Å². The largest absolute Gasteiger partial charge is 0.491 e. The Hall–Kier alpha value is -2.76. The van der Waals surface area contributed by atoms with Gasteiger partial charge in [0, 0.05) is 32.0 Å². The van der Waals surface area contributed by atoms with Crippen LogP contribution in [0.25, 0.3) is 0 Å². The number of aromatic nitrogens is 2. The van der Waals surface area contributed by atoms with Crippen LogP contribution in [0.15, 0.2) is 60.9 Å². The number of ether oxygens (including phenoxy) is 2. The molecule has 0 spiro atoms. The van der Waals surface area contributed by atoms with Gasteiger partial charge in [0.15, 0.2) is 0 Å². The molecule has 0 aliphatic carbocycles. The second-order valence-electron chi connectivity index (χ2n) is 9.32. The van der Waals surface area contributed by atoms with Gasteiger partial charge in [-0.3, -0.25) is 14.9 Å². The van der Waals surface area contributed by atoms with Crippen molar-refractivity contribution in [3.8, 4) is 5.75 Å². The second-order valence-corrected chi connectivity index (χ2v) is 9.32. The van der Waals surface area contributed by atoms with Gasteiger partial charge >= 0.3 is 0 Å². The Morgan fingerprint density at radius 2 is 1.94 bits per heavy atom. The number of nitrogens with zero attached hydrogens (tertiary/aromatic N) is 3. The van der Waals surface area contributed by atoms with E-state index in [9.17, 15) is 0 Å². The molecule has 33 heavy (non-hydrogen) atoms. The van der Waals surface area contributed by atoms with Crippen LogP contribution in [0.1, 0.15) is 59.8 Å². The molecule has 3 aromatic rings. The molecule has 2 aliphatic heterocycles. The van der Waals surface area contributed by atoms with Crippen molar-refractivity contribution in [1.29, 1.82) is 0 Å².